The highest BCUT2D eigenvalue weighted by Crippen LogP contribution is 2.33. The van der Waals surface area contributed by atoms with Crippen molar-refractivity contribution >= 4 is 15.7 Å². The predicted molar refractivity (Wildman–Crippen MR) is 132 cm³/mol. The van der Waals surface area contributed by atoms with Crippen molar-refractivity contribution in [2.45, 2.75) is 18.6 Å². The molecule has 0 heterocycles. The van der Waals surface area contributed by atoms with Gasteiger partial charge in [-0.15, -0.1) is 0 Å². The molecule has 0 aliphatic carbocycles. The SMILES string of the molecule is COc1ccc(C(C)(NC[C@H](O)c2ccc(O)c(NS(C)(=O)=O)c2)c2ccc(OC)cc2)cc1. The first-order valence-electron chi connectivity index (χ1n) is 10.6. The Kier molecular flexibility index (Phi) is 7.71. The third-order valence-corrected chi connectivity index (χ3v) is 6.28. The van der Waals surface area contributed by atoms with Gasteiger partial charge in [0.25, 0.3) is 0 Å². The lowest BCUT2D eigenvalue weighted by molar-refractivity contribution is 0.163. The monoisotopic (exact) mass is 486 g/mol. The second-order valence-electron chi connectivity index (χ2n) is 8.13. The van der Waals surface area contributed by atoms with Crippen LogP contribution in [0.15, 0.2) is 66.7 Å². The topological polar surface area (TPSA) is 117 Å². The number of phenols is 1. The van der Waals surface area contributed by atoms with E-state index in [1.807, 2.05) is 55.5 Å². The number of aliphatic hydroxyl groups is 1. The number of aliphatic hydroxyl groups excluding tert-OH is 1. The zero-order valence-electron chi connectivity index (χ0n) is 19.6. The standard InChI is InChI=1S/C25H30N2O6S/c1-25(18-6-10-20(32-2)11-7-18,19-8-12-21(33-3)13-9-19)26-16-24(29)17-5-14-23(28)22(15-17)27-34(4,30)31/h5-15,24,26-29H,16H2,1-4H3/t24-/m0/s1. The third-order valence-electron chi connectivity index (χ3n) is 5.68. The third kappa shape index (κ3) is 5.99. The molecule has 4 N–H and O–H groups in total. The van der Waals surface area contributed by atoms with Crippen LogP contribution < -0.4 is 19.5 Å². The Labute approximate surface area is 200 Å². The number of rotatable bonds is 10. The van der Waals surface area contributed by atoms with E-state index in [2.05, 4.69) is 10.0 Å². The molecule has 9 heteroatoms. The lowest BCUT2D eigenvalue weighted by Crippen LogP contribution is -2.42. The van der Waals surface area contributed by atoms with Gasteiger partial charge in [0.05, 0.1) is 37.8 Å². The summed E-state index contributed by atoms with van der Waals surface area (Å²) in [6, 6.07) is 19.6. The Morgan fingerprint density at radius 2 is 1.41 bits per heavy atom. The molecule has 0 unspecified atom stereocenters. The summed E-state index contributed by atoms with van der Waals surface area (Å²) in [6.07, 6.45) is 0.0169. The van der Waals surface area contributed by atoms with Gasteiger partial charge in [-0.3, -0.25) is 4.72 Å². The van der Waals surface area contributed by atoms with Gasteiger partial charge >= 0.3 is 0 Å². The van der Waals surface area contributed by atoms with Crippen molar-refractivity contribution in [1.82, 2.24) is 5.32 Å². The predicted octanol–water partition coefficient (Wildman–Crippen LogP) is 3.37. The van der Waals surface area contributed by atoms with Crippen LogP contribution in [0.1, 0.15) is 29.7 Å². The average Bonchev–Trinajstić information content (AvgIpc) is 2.83. The van der Waals surface area contributed by atoms with Crippen molar-refractivity contribution in [3.05, 3.63) is 83.4 Å². The van der Waals surface area contributed by atoms with Crippen LogP contribution in [0.2, 0.25) is 0 Å². The average molecular weight is 487 g/mol. The van der Waals surface area contributed by atoms with Gasteiger partial charge in [-0.1, -0.05) is 30.3 Å². The minimum atomic E-state index is -3.59. The van der Waals surface area contributed by atoms with E-state index >= 15 is 0 Å². The van der Waals surface area contributed by atoms with Gasteiger partial charge in [0.1, 0.15) is 17.2 Å². The fraction of sp³-hybridized carbons (Fsp3) is 0.280. The maximum absolute atomic E-state index is 11.6. The normalized spacial score (nSPS) is 12.7. The van der Waals surface area contributed by atoms with Gasteiger partial charge in [0.2, 0.25) is 10.0 Å². The summed E-state index contributed by atoms with van der Waals surface area (Å²) in [7, 11) is -0.373. The zero-order chi connectivity index (χ0) is 24.9. The highest BCUT2D eigenvalue weighted by Gasteiger charge is 2.29. The number of phenolic OH excluding ortho intramolecular Hbond substituents is 1. The van der Waals surface area contributed by atoms with E-state index in [-0.39, 0.29) is 18.0 Å². The van der Waals surface area contributed by atoms with Crippen molar-refractivity contribution in [3.8, 4) is 17.2 Å². The molecule has 3 aromatic carbocycles. The van der Waals surface area contributed by atoms with E-state index in [0.29, 0.717) is 5.56 Å². The second-order valence-corrected chi connectivity index (χ2v) is 9.88. The lowest BCUT2D eigenvalue weighted by Gasteiger charge is -2.33. The van der Waals surface area contributed by atoms with Crippen molar-refractivity contribution in [2.24, 2.45) is 0 Å². The van der Waals surface area contributed by atoms with E-state index in [4.69, 9.17) is 9.47 Å². The molecule has 8 nitrogen and oxygen atoms in total. The van der Waals surface area contributed by atoms with Crippen molar-refractivity contribution < 1.29 is 28.1 Å². The van der Waals surface area contributed by atoms with E-state index in [1.165, 1.54) is 12.1 Å². The number of nitrogens with one attached hydrogen (secondary N) is 2. The maximum Gasteiger partial charge on any atom is 0.229 e. The molecule has 0 aliphatic rings. The fourth-order valence-electron chi connectivity index (χ4n) is 3.68. The first-order valence-corrected chi connectivity index (χ1v) is 12.5. The van der Waals surface area contributed by atoms with Crippen LogP contribution in [0.3, 0.4) is 0 Å². The molecule has 0 radical (unpaired) electrons. The van der Waals surface area contributed by atoms with Crippen LogP contribution in [0, 0.1) is 0 Å². The van der Waals surface area contributed by atoms with Crippen LogP contribution in [0.25, 0.3) is 0 Å². The Bertz CT molecular complexity index is 1160. The Morgan fingerprint density at radius 1 is 0.912 bits per heavy atom. The van der Waals surface area contributed by atoms with Gasteiger partial charge in [0, 0.05) is 6.54 Å². The molecule has 0 aliphatic heterocycles. The molecule has 0 saturated heterocycles. The molecule has 182 valence electrons. The van der Waals surface area contributed by atoms with Crippen molar-refractivity contribution in [2.75, 3.05) is 31.7 Å². The molecular formula is C25H30N2O6S. The smallest absolute Gasteiger partial charge is 0.229 e. The number of aromatic hydroxyl groups is 1. The van der Waals surface area contributed by atoms with Gasteiger partial charge < -0.3 is 25.0 Å². The van der Waals surface area contributed by atoms with E-state index in [1.54, 1.807) is 20.3 Å². The zero-order valence-corrected chi connectivity index (χ0v) is 20.4. The Morgan fingerprint density at radius 3 is 1.85 bits per heavy atom. The number of benzene rings is 3. The maximum atomic E-state index is 11.6. The largest absolute Gasteiger partial charge is 0.506 e. The minimum Gasteiger partial charge on any atom is -0.506 e. The quantitative estimate of drug-likeness (QED) is 0.325. The fourth-order valence-corrected chi connectivity index (χ4v) is 4.24. The first-order chi connectivity index (χ1) is 16.1. The molecule has 3 rings (SSSR count). The molecule has 1 atom stereocenters. The molecule has 34 heavy (non-hydrogen) atoms. The number of anilines is 1. The van der Waals surface area contributed by atoms with Gasteiger partial charge in [-0.25, -0.2) is 8.42 Å². The molecule has 0 spiro atoms. The van der Waals surface area contributed by atoms with Crippen LogP contribution in [0.4, 0.5) is 5.69 Å². The van der Waals surface area contributed by atoms with Crippen molar-refractivity contribution in [1.29, 1.82) is 0 Å². The minimum absolute atomic E-state index is 0.00659. The van der Waals surface area contributed by atoms with E-state index < -0.39 is 21.7 Å². The highest BCUT2D eigenvalue weighted by atomic mass is 32.2. The van der Waals surface area contributed by atoms with E-state index in [0.717, 1.165) is 28.9 Å². The van der Waals surface area contributed by atoms with Gasteiger partial charge in [0.15, 0.2) is 0 Å². The van der Waals surface area contributed by atoms with Gasteiger partial charge in [-0.2, -0.15) is 0 Å². The molecule has 0 bridgehead atoms. The van der Waals surface area contributed by atoms with Crippen LogP contribution in [-0.2, 0) is 15.6 Å². The van der Waals surface area contributed by atoms with Crippen LogP contribution in [-0.4, -0.2) is 45.7 Å². The van der Waals surface area contributed by atoms with Crippen LogP contribution in [0.5, 0.6) is 17.2 Å². The van der Waals surface area contributed by atoms with Crippen molar-refractivity contribution in [3.63, 3.8) is 0 Å². The summed E-state index contributed by atoms with van der Waals surface area (Å²) in [4.78, 5) is 0. The summed E-state index contributed by atoms with van der Waals surface area (Å²) in [5, 5.41) is 24.3. The van der Waals surface area contributed by atoms with E-state index in [9.17, 15) is 18.6 Å². The first kappa shape index (κ1) is 25.4. The van der Waals surface area contributed by atoms with Gasteiger partial charge in [-0.05, 0) is 60.0 Å². The van der Waals surface area contributed by atoms with Crippen LogP contribution >= 0.6 is 0 Å². The summed E-state index contributed by atoms with van der Waals surface area (Å²) in [5.41, 5.74) is 1.69. The summed E-state index contributed by atoms with van der Waals surface area (Å²) >= 11 is 0. The molecule has 0 saturated carbocycles. The number of hydrogen-bond acceptors (Lipinski definition) is 7. The number of ether oxygens (including phenoxy) is 2. The Balaban J connectivity index is 1.90. The number of sulfonamides is 1. The highest BCUT2D eigenvalue weighted by molar-refractivity contribution is 7.92. The Hall–Kier alpha value is -3.27. The molecule has 0 aromatic heterocycles. The summed E-state index contributed by atoms with van der Waals surface area (Å²) in [6.45, 7) is 2.16. The molecule has 0 fully saturated rings. The number of hydrogen-bond donors (Lipinski definition) is 4. The molecule has 0 amide bonds. The number of methoxy groups -OCH3 is 2. The molecular weight excluding hydrogens is 456 g/mol. The second kappa shape index (κ2) is 10.3. The summed E-state index contributed by atoms with van der Waals surface area (Å²) < 4.78 is 36.0. The lowest BCUT2D eigenvalue weighted by atomic mass is 9.84. The molecule has 3 aromatic rings. The summed E-state index contributed by atoms with van der Waals surface area (Å²) in [5.74, 6) is 1.24.